The molecule has 0 aliphatic carbocycles. The average molecular weight is 420 g/mol. The van der Waals surface area contributed by atoms with Crippen LogP contribution in [0.2, 0.25) is 0 Å². The van der Waals surface area contributed by atoms with Crippen LogP contribution in [0, 0.1) is 0 Å². The van der Waals surface area contributed by atoms with E-state index in [-0.39, 0.29) is 11.8 Å². The third-order valence-corrected chi connectivity index (χ3v) is 4.94. The van der Waals surface area contributed by atoms with Crippen LogP contribution in [0.3, 0.4) is 0 Å². The molecular formula is C19H26F2N8O. The standard InChI is InChI=1S/C19H26F2N8O/c1-27(2)8-7-22-17-24-18(28-9-11-30-12-10-28)26-19(25-17)29-14-6-4-3-5-13(14)23-16(29)15(20)21/h3-6,15,18H,7-12H2,1-2H3,(H2,22,24,25,26). The molecule has 2 aromatic rings. The number of fused-ring (bicyclic) bond motifs is 1. The number of rotatable bonds is 5. The minimum Gasteiger partial charge on any atom is -0.379 e. The van der Waals surface area contributed by atoms with Gasteiger partial charge in [-0.3, -0.25) is 9.47 Å². The number of alkyl halides is 2. The molecule has 1 fully saturated rings. The van der Waals surface area contributed by atoms with Crippen molar-refractivity contribution < 1.29 is 13.5 Å². The number of benzene rings is 1. The molecule has 4 rings (SSSR count). The maximum atomic E-state index is 13.8. The highest BCUT2D eigenvalue weighted by atomic mass is 19.3. The summed E-state index contributed by atoms with van der Waals surface area (Å²) < 4.78 is 34.5. The van der Waals surface area contributed by atoms with Gasteiger partial charge in [0.1, 0.15) is 0 Å². The lowest BCUT2D eigenvalue weighted by Crippen LogP contribution is -2.55. The fourth-order valence-corrected chi connectivity index (χ4v) is 3.42. The van der Waals surface area contributed by atoms with Crippen LogP contribution < -0.4 is 10.6 Å². The highest BCUT2D eigenvalue weighted by Gasteiger charge is 2.29. The van der Waals surface area contributed by atoms with Crippen LogP contribution in [0.15, 0.2) is 34.3 Å². The number of likely N-dealkylation sites (N-methyl/N-ethyl adjacent to an activating group) is 1. The first-order valence-corrected chi connectivity index (χ1v) is 9.92. The van der Waals surface area contributed by atoms with Crippen molar-refractivity contribution in [1.29, 1.82) is 0 Å². The summed E-state index contributed by atoms with van der Waals surface area (Å²) in [4.78, 5) is 17.4. The Morgan fingerprint density at radius 1 is 1.27 bits per heavy atom. The number of halogens is 2. The Labute approximate surface area is 173 Å². The number of hydrogen-bond acceptors (Lipinski definition) is 8. The Kier molecular flexibility index (Phi) is 6.21. The molecule has 162 valence electrons. The van der Waals surface area contributed by atoms with Crippen LogP contribution in [0.1, 0.15) is 12.2 Å². The van der Waals surface area contributed by atoms with Gasteiger partial charge in [-0.1, -0.05) is 12.1 Å². The van der Waals surface area contributed by atoms with E-state index in [0.29, 0.717) is 49.8 Å². The smallest absolute Gasteiger partial charge is 0.296 e. The van der Waals surface area contributed by atoms with Crippen molar-refractivity contribution in [1.82, 2.24) is 30.0 Å². The molecule has 1 atom stereocenters. The first-order valence-electron chi connectivity index (χ1n) is 9.92. The van der Waals surface area contributed by atoms with Crippen molar-refractivity contribution in [2.45, 2.75) is 12.7 Å². The molecule has 0 saturated carbocycles. The van der Waals surface area contributed by atoms with E-state index in [2.05, 4.69) is 30.5 Å². The molecule has 2 aliphatic rings. The summed E-state index contributed by atoms with van der Waals surface area (Å²) in [6.07, 6.45) is -3.18. The third-order valence-electron chi connectivity index (χ3n) is 4.94. The molecular weight excluding hydrogens is 394 g/mol. The summed E-state index contributed by atoms with van der Waals surface area (Å²) in [5, 5.41) is 6.43. The van der Waals surface area contributed by atoms with Gasteiger partial charge in [0, 0.05) is 26.2 Å². The maximum absolute atomic E-state index is 13.8. The number of nitrogens with one attached hydrogen (secondary N) is 2. The van der Waals surface area contributed by atoms with Gasteiger partial charge in [0.2, 0.25) is 11.9 Å². The molecule has 9 nitrogen and oxygen atoms in total. The summed E-state index contributed by atoms with van der Waals surface area (Å²) in [5.74, 6) is 0.329. The number of imidazole rings is 1. The van der Waals surface area contributed by atoms with E-state index < -0.39 is 12.7 Å². The van der Waals surface area contributed by atoms with Crippen LogP contribution in [-0.4, -0.2) is 91.0 Å². The number of nitrogens with zero attached hydrogens (tertiary/aromatic N) is 6. The number of hydrogen-bond donors (Lipinski definition) is 2. The van der Waals surface area contributed by atoms with E-state index in [4.69, 9.17) is 4.74 Å². The Balaban J connectivity index is 1.70. The van der Waals surface area contributed by atoms with E-state index in [0.717, 1.165) is 6.54 Å². The van der Waals surface area contributed by atoms with Crippen LogP contribution in [-0.2, 0) is 4.74 Å². The summed E-state index contributed by atoms with van der Waals surface area (Å²) in [7, 11) is 3.95. The fraction of sp³-hybridized carbons (Fsp3) is 0.526. The maximum Gasteiger partial charge on any atom is 0.296 e. The second-order valence-electron chi connectivity index (χ2n) is 7.38. The highest BCUT2D eigenvalue weighted by molar-refractivity contribution is 6.01. The normalized spacial score (nSPS) is 20.4. The zero-order chi connectivity index (χ0) is 21.1. The van der Waals surface area contributed by atoms with Gasteiger partial charge in [-0.25, -0.2) is 18.8 Å². The number of para-hydroxylation sites is 2. The number of aliphatic imine (C=N–C) groups is 2. The van der Waals surface area contributed by atoms with Gasteiger partial charge in [0.15, 0.2) is 12.1 Å². The van der Waals surface area contributed by atoms with Crippen molar-refractivity contribution in [3.05, 3.63) is 30.1 Å². The van der Waals surface area contributed by atoms with Crippen molar-refractivity contribution in [2.24, 2.45) is 9.98 Å². The monoisotopic (exact) mass is 420 g/mol. The van der Waals surface area contributed by atoms with E-state index in [9.17, 15) is 8.78 Å². The summed E-state index contributed by atoms with van der Waals surface area (Å²) in [6.45, 7) is 3.98. The lowest BCUT2D eigenvalue weighted by molar-refractivity contribution is 0.0146. The predicted molar refractivity (Wildman–Crippen MR) is 111 cm³/mol. The van der Waals surface area contributed by atoms with Gasteiger partial charge in [0.25, 0.3) is 6.43 Å². The van der Waals surface area contributed by atoms with E-state index in [1.54, 1.807) is 24.3 Å². The molecule has 0 spiro atoms. The molecule has 1 aromatic carbocycles. The fourth-order valence-electron chi connectivity index (χ4n) is 3.42. The van der Waals surface area contributed by atoms with E-state index in [1.165, 1.54) is 4.57 Å². The van der Waals surface area contributed by atoms with Gasteiger partial charge in [-0.15, -0.1) is 0 Å². The molecule has 1 saturated heterocycles. The quantitative estimate of drug-likeness (QED) is 0.748. The first-order chi connectivity index (χ1) is 14.5. The van der Waals surface area contributed by atoms with Gasteiger partial charge in [-0.05, 0) is 26.2 Å². The summed E-state index contributed by atoms with van der Waals surface area (Å²) in [5.41, 5.74) is 1.05. The number of ether oxygens (including phenoxy) is 1. The zero-order valence-corrected chi connectivity index (χ0v) is 17.1. The first kappa shape index (κ1) is 20.6. The molecule has 0 bridgehead atoms. The number of guanidine groups is 1. The highest BCUT2D eigenvalue weighted by Crippen LogP contribution is 2.24. The topological polar surface area (TPSA) is 82.3 Å². The van der Waals surface area contributed by atoms with Gasteiger partial charge in [0.05, 0.1) is 24.2 Å². The number of morpholine rings is 1. The van der Waals surface area contributed by atoms with Crippen LogP contribution in [0.25, 0.3) is 11.0 Å². The Hall–Kier alpha value is -2.63. The lowest BCUT2D eigenvalue weighted by atomic mass is 10.3. The Bertz CT molecular complexity index is 936. The number of aromatic nitrogens is 2. The van der Waals surface area contributed by atoms with Gasteiger partial charge >= 0.3 is 0 Å². The second kappa shape index (κ2) is 9.02. The molecule has 3 heterocycles. The van der Waals surface area contributed by atoms with Gasteiger partial charge in [-0.2, -0.15) is 4.99 Å². The Morgan fingerprint density at radius 2 is 2.03 bits per heavy atom. The molecule has 11 heteroatoms. The molecule has 2 aliphatic heterocycles. The zero-order valence-electron chi connectivity index (χ0n) is 17.1. The molecule has 2 N–H and O–H groups in total. The lowest BCUT2D eigenvalue weighted by Gasteiger charge is -2.35. The van der Waals surface area contributed by atoms with Crippen LogP contribution in [0.5, 0.6) is 0 Å². The van der Waals surface area contributed by atoms with E-state index in [1.807, 2.05) is 19.0 Å². The minimum atomic E-state index is -2.74. The van der Waals surface area contributed by atoms with Crippen molar-refractivity contribution in [2.75, 3.05) is 53.5 Å². The van der Waals surface area contributed by atoms with Crippen molar-refractivity contribution in [3.63, 3.8) is 0 Å². The molecule has 1 aromatic heterocycles. The SMILES string of the molecule is CN(C)CCNC1=NC(N2CCOCC2)NC(n2c(C(F)F)nc3ccccc32)=N1. The predicted octanol–water partition coefficient (Wildman–Crippen LogP) is 0.904. The minimum absolute atomic E-state index is 0.276. The summed E-state index contributed by atoms with van der Waals surface area (Å²) >= 11 is 0. The average Bonchev–Trinajstić information content (AvgIpc) is 3.14. The largest absolute Gasteiger partial charge is 0.379 e. The molecule has 30 heavy (non-hydrogen) atoms. The molecule has 0 amide bonds. The van der Waals surface area contributed by atoms with Crippen LogP contribution in [0.4, 0.5) is 8.78 Å². The van der Waals surface area contributed by atoms with Gasteiger partial charge < -0.3 is 20.3 Å². The second-order valence-corrected chi connectivity index (χ2v) is 7.38. The Morgan fingerprint density at radius 3 is 2.77 bits per heavy atom. The molecule has 0 radical (unpaired) electrons. The van der Waals surface area contributed by atoms with Crippen LogP contribution >= 0.6 is 0 Å². The third kappa shape index (κ3) is 4.42. The summed E-state index contributed by atoms with van der Waals surface area (Å²) in [6, 6.07) is 7.04. The van der Waals surface area contributed by atoms with Crippen molar-refractivity contribution in [3.8, 4) is 0 Å². The molecule has 1 unspecified atom stereocenters. The van der Waals surface area contributed by atoms with Crippen molar-refractivity contribution >= 4 is 23.0 Å². The van der Waals surface area contributed by atoms with E-state index >= 15 is 0 Å².